The summed E-state index contributed by atoms with van der Waals surface area (Å²) in [6.45, 7) is 2.21. The van der Waals surface area contributed by atoms with Crippen LogP contribution in [0.2, 0.25) is 0 Å². The van der Waals surface area contributed by atoms with Crippen molar-refractivity contribution in [3.8, 4) is 11.4 Å². The molecule has 0 spiro atoms. The van der Waals surface area contributed by atoms with Crippen LogP contribution in [0.15, 0.2) is 84.0 Å². The topological polar surface area (TPSA) is 69.0 Å². The molecule has 0 saturated carbocycles. The number of ether oxygens (including phenoxy) is 1. The van der Waals surface area contributed by atoms with Crippen LogP contribution in [0.25, 0.3) is 5.69 Å². The number of aromatic nitrogens is 3. The molecule has 1 unspecified atom stereocenters. The lowest BCUT2D eigenvalue weighted by molar-refractivity contribution is 0.0949. The highest BCUT2D eigenvalue weighted by Gasteiger charge is 2.19. The normalized spacial score (nSPS) is 11.7. The number of halogens is 1. The molecular formula is C25H23FN4O2S. The van der Waals surface area contributed by atoms with E-state index in [9.17, 15) is 9.18 Å². The summed E-state index contributed by atoms with van der Waals surface area (Å²) in [5.74, 6) is 0.566. The third kappa shape index (κ3) is 5.40. The van der Waals surface area contributed by atoms with Gasteiger partial charge in [-0.1, -0.05) is 48.2 Å². The van der Waals surface area contributed by atoms with Crippen LogP contribution in [0.4, 0.5) is 4.39 Å². The first-order chi connectivity index (χ1) is 16.0. The van der Waals surface area contributed by atoms with Crippen LogP contribution >= 0.6 is 11.8 Å². The van der Waals surface area contributed by atoms with Crippen LogP contribution in [0, 0.1) is 5.82 Å². The van der Waals surface area contributed by atoms with Crippen molar-refractivity contribution in [3.63, 3.8) is 0 Å². The first-order valence-corrected chi connectivity index (χ1v) is 11.3. The molecule has 168 valence electrons. The van der Waals surface area contributed by atoms with Crippen molar-refractivity contribution >= 4 is 17.7 Å². The summed E-state index contributed by atoms with van der Waals surface area (Å²) >= 11 is 1.52. The van der Waals surface area contributed by atoms with E-state index in [4.69, 9.17) is 4.74 Å². The lowest BCUT2D eigenvalue weighted by Gasteiger charge is -2.14. The van der Waals surface area contributed by atoms with Gasteiger partial charge >= 0.3 is 0 Å². The fraction of sp³-hybridized carbons (Fsp3) is 0.160. The Labute approximate surface area is 195 Å². The molecule has 0 bridgehead atoms. The fourth-order valence-corrected chi connectivity index (χ4v) is 4.33. The van der Waals surface area contributed by atoms with Crippen LogP contribution in [-0.4, -0.2) is 27.8 Å². The van der Waals surface area contributed by atoms with E-state index >= 15 is 0 Å². The molecule has 4 rings (SSSR count). The Morgan fingerprint density at radius 3 is 2.52 bits per heavy atom. The Hall–Kier alpha value is -3.65. The zero-order valence-corrected chi connectivity index (χ0v) is 19.1. The van der Waals surface area contributed by atoms with Gasteiger partial charge in [-0.2, -0.15) is 0 Å². The zero-order chi connectivity index (χ0) is 23.2. The minimum Gasteiger partial charge on any atom is -0.497 e. The van der Waals surface area contributed by atoms with Crippen molar-refractivity contribution in [1.82, 2.24) is 20.1 Å². The molecule has 0 aliphatic carbocycles. The smallest absolute Gasteiger partial charge is 0.251 e. The maximum atomic E-state index is 14.0. The maximum Gasteiger partial charge on any atom is 0.251 e. The van der Waals surface area contributed by atoms with Crippen molar-refractivity contribution < 1.29 is 13.9 Å². The predicted octanol–water partition coefficient (Wildman–Crippen LogP) is 5.20. The van der Waals surface area contributed by atoms with E-state index in [0.29, 0.717) is 28.0 Å². The third-order valence-electron chi connectivity index (χ3n) is 5.08. The molecule has 0 fully saturated rings. The SMILES string of the molecule is COc1ccc(C(=O)NCc2nnc(SC(C)c3ccccc3)n2-c2cccc(F)c2)cc1. The van der Waals surface area contributed by atoms with Gasteiger partial charge in [0.2, 0.25) is 0 Å². The van der Waals surface area contributed by atoms with Crippen molar-refractivity contribution in [2.75, 3.05) is 7.11 Å². The highest BCUT2D eigenvalue weighted by atomic mass is 32.2. The second kappa shape index (κ2) is 10.3. The fourth-order valence-electron chi connectivity index (χ4n) is 3.32. The second-order valence-electron chi connectivity index (χ2n) is 7.30. The van der Waals surface area contributed by atoms with Gasteiger partial charge in [0, 0.05) is 10.8 Å². The zero-order valence-electron chi connectivity index (χ0n) is 18.2. The molecule has 0 aliphatic rings. The lowest BCUT2D eigenvalue weighted by Crippen LogP contribution is -2.24. The number of rotatable bonds is 8. The van der Waals surface area contributed by atoms with Crippen LogP contribution in [-0.2, 0) is 6.54 Å². The van der Waals surface area contributed by atoms with Crippen LogP contribution in [0.3, 0.4) is 0 Å². The first-order valence-electron chi connectivity index (χ1n) is 10.4. The highest BCUT2D eigenvalue weighted by Crippen LogP contribution is 2.35. The summed E-state index contributed by atoms with van der Waals surface area (Å²) in [6.07, 6.45) is 0. The Morgan fingerprint density at radius 2 is 1.82 bits per heavy atom. The van der Waals surface area contributed by atoms with Crippen molar-refractivity contribution in [3.05, 3.63) is 102 Å². The number of nitrogens with one attached hydrogen (secondary N) is 1. The molecule has 6 nitrogen and oxygen atoms in total. The molecule has 1 N–H and O–H groups in total. The number of benzene rings is 3. The van der Waals surface area contributed by atoms with Crippen molar-refractivity contribution in [1.29, 1.82) is 0 Å². The first kappa shape index (κ1) is 22.5. The predicted molar refractivity (Wildman–Crippen MR) is 126 cm³/mol. The monoisotopic (exact) mass is 462 g/mol. The summed E-state index contributed by atoms with van der Waals surface area (Å²) in [7, 11) is 1.57. The molecule has 4 aromatic rings. The van der Waals surface area contributed by atoms with Crippen LogP contribution < -0.4 is 10.1 Å². The molecule has 0 radical (unpaired) electrons. The van der Waals surface area contributed by atoms with Gasteiger partial charge in [0.25, 0.3) is 5.91 Å². The van der Waals surface area contributed by atoms with E-state index < -0.39 is 0 Å². The highest BCUT2D eigenvalue weighted by molar-refractivity contribution is 7.99. The molecule has 1 atom stereocenters. The Kier molecular flexibility index (Phi) is 7.04. The van der Waals surface area contributed by atoms with Gasteiger partial charge in [-0.25, -0.2) is 4.39 Å². The second-order valence-corrected chi connectivity index (χ2v) is 8.60. The summed E-state index contributed by atoms with van der Waals surface area (Å²) in [6, 6.07) is 23.1. The number of hydrogen-bond acceptors (Lipinski definition) is 5. The van der Waals surface area contributed by atoms with Crippen LogP contribution in [0.1, 0.15) is 33.9 Å². The van der Waals surface area contributed by atoms with E-state index in [2.05, 4.69) is 34.6 Å². The maximum absolute atomic E-state index is 14.0. The number of carbonyl (C=O) groups excluding carboxylic acids is 1. The number of amides is 1. The van der Waals surface area contributed by atoms with Crippen molar-refractivity contribution in [2.45, 2.75) is 23.9 Å². The number of methoxy groups -OCH3 is 1. The van der Waals surface area contributed by atoms with Gasteiger partial charge in [0.05, 0.1) is 19.3 Å². The standard InChI is InChI=1S/C25H23FN4O2S/c1-17(18-7-4-3-5-8-18)33-25-29-28-23(30(25)21-10-6-9-20(26)15-21)16-27-24(31)19-11-13-22(32-2)14-12-19/h3-15,17H,16H2,1-2H3,(H,27,31). The molecule has 8 heteroatoms. The van der Waals surface area contributed by atoms with E-state index in [1.54, 1.807) is 48.1 Å². The number of carbonyl (C=O) groups is 1. The quantitative estimate of drug-likeness (QED) is 0.365. The van der Waals surface area contributed by atoms with Gasteiger partial charge in [-0.3, -0.25) is 9.36 Å². The Balaban J connectivity index is 1.58. The minimum atomic E-state index is -0.360. The average molecular weight is 463 g/mol. The third-order valence-corrected chi connectivity index (χ3v) is 6.18. The molecular weight excluding hydrogens is 439 g/mol. The minimum absolute atomic E-state index is 0.101. The molecule has 33 heavy (non-hydrogen) atoms. The van der Waals surface area contributed by atoms with E-state index in [1.807, 2.05) is 18.2 Å². The van der Waals surface area contributed by atoms with E-state index in [0.717, 1.165) is 5.56 Å². The summed E-state index contributed by atoms with van der Waals surface area (Å²) in [4.78, 5) is 12.6. The molecule has 1 heterocycles. The molecule has 1 aromatic heterocycles. The van der Waals surface area contributed by atoms with Crippen LogP contribution in [0.5, 0.6) is 5.75 Å². The molecule has 0 saturated heterocycles. The Bertz CT molecular complexity index is 1230. The van der Waals surface area contributed by atoms with E-state index in [1.165, 1.54) is 23.9 Å². The lowest BCUT2D eigenvalue weighted by atomic mass is 10.2. The molecule has 3 aromatic carbocycles. The number of hydrogen-bond donors (Lipinski definition) is 1. The van der Waals surface area contributed by atoms with Gasteiger partial charge < -0.3 is 10.1 Å². The van der Waals surface area contributed by atoms with Crippen molar-refractivity contribution in [2.24, 2.45) is 0 Å². The average Bonchev–Trinajstić information content (AvgIpc) is 3.25. The summed E-state index contributed by atoms with van der Waals surface area (Å²) < 4.78 is 20.9. The summed E-state index contributed by atoms with van der Waals surface area (Å²) in [5, 5.41) is 12.2. The van der Waals surface area contributed by atoms with E-state index in [-0.39, 0.29) is 23.5 Å². The van der Waals surface area contributed by atoms with Gasteiger partial charge in [-0.05, 0) is 55.0 Å². The summed E-state index contributed by atoms with van der Waals surface area (Å²) in [5.41, 5.74) is 2.24. The van der Waals surface area contributed by atoms with Gasteiger partial charge in [0.1, 0.15) is 11.6 Å². The number of thioether (sulfide) groups is 1. The molecule has 1 amide bonds. The number of nitrogens with zero attached hydrogens (tertiary/aromatic N) is 3. The van der Waals surface area contributed by atoms with Gasteiger partial charge in [0.15, 0.2) is 11.0 Å². The van der Waals surface area contributed by atoms with Gasteiger partial charge in [-0.15, -0.1) is 10.2 Å². The molecule has 0 aliphatic heterocycles. The largest absolute Gasteiger partial charge is 0.497 e. The Morgan fingerprint density at radius 1 is 1.06 bits per heavy atom.